The van der Waals surface area contributed by atoms with Crippen LogP contribution in [0.2, 0.25) is 0 Å². The van der Waals surface area contributed by atoms with Gasteiger partial charge in [-0.2, -0.15) is 5.10 Å². The minimum atomic E-state index is -1.37. The lowest BCUT2D eigenvalue weighted by molar-refractivity contribution is -0.222. The molecule has 0 unspecified atom stereocenters. The van der Waals surface area contributed by atoms with Crippen LogP contribution in [0.25, 0.3) is 11.4 Å². The van der Waals surface area contributed by atoms with Gasteiger partial charge in [-0.25, -0.2) is 19.1 Å². The van der Waals surface area contributed by atoms with E-state index in [0.717, 1.165) is 11.3 Å². The minimum Gasteiger partial charge on any atom is -0.505 e. The van der Waals surface area contributed by atoms with E-state index in [-0.39, 0.29) is 5.69 Å². The Morgan fingerprint density at radius 3 is 2.43 bits per heavy atom. The Morgan fingerprint density at radius 2 is 1.83 bits per heavy atom. The van der Waals surface area contributed by atoms with Crippen molar-refractivity contribution in [3.63, 3.8) is 0 Å². The number of aromatic nitrogens is 3. The average molecular weight is 317 g/mol. The maximum atomic E-state index is 12.0. The molecule has 1 fully saturated rings. The van der Waals surface area contributed by atoms with Crippen molar-refractivity contribution >= 4 is 23.3 Å². The third-order valence-electron chi connectivity index (χ3n) is 3.29. The molecule has 8 nitrogen and oxygen atoms in total. The van der Waals surface area contributed by atoms with Crippen LogP contribution in [-0.4, -0.2) is 37.4 Å². The SMILES string of the molecule is Cc1cn2nc(C(O)=C3C(=O)OC(C)(C)OC3=O)cc(C)c2n1. The van der Waals surface area contributed by atoms with Crippen molar-refractivity contribution in [2.75, 3.05) is 0 Å². The molecule has 1 N–H and O–H groups in total. The van der Waals surface area contributed by atoms with Gasteiger partial charge in [0, 0.05) is 13.8 Å². The fourth-order valence-electron chi connectivity index (χ4n) is 2.33. The summed E-state index contributed by atoms with van der Waals surface area (Å²) >= 11 is 0. The molecule has 8 heteroatoms. The Kier molecular flexibility index (Phi) is 3.13. The van der Waals surface area contributed by atoms with E-state index in [1.165, 1.54) is 24.4 Å². The second kappa shape index (κ2) is 4.80. The van der Waals surface area contributed by atoms with E-state index in [0.29, 0.717) is 5.65 Å². The van der Waals surface area contributed by atoms with Crippen LogP contribution in [0.3, 0.4) is 0 Å². The van der Waals surface area contributed by atoms with Crippen molar-refractivity contribution in [2.45, 2.75) is 33.5 Å². The molecule has 0 aliphatic carbocycles. The maximum Gasteiger partial charge on any atom is 0.352 e. The number of aryl methyl sites for hydroxylation is 2. The molecular weight excluding hydrogens is 302 g/mol. The molecule has 0 saturated carbocycles. The van der Waals surface area contributed by atoms with Crippen molar-refractivity contribution in [1.82, 2.24) is 14.6 Å². The van der Waals surface area contributed by atoms with Gasteiger partial charge in [0.05, 0.1) is 11.9 Å². The van der Waals surface area contributed by atoms with E-state index < -0.39 is 29.1 Å². The topological polar surface area (TPSA) is 103 Å². The van der Waals surface area contributed by atoms with Crippen molar-refractivity contribution in [3.8, 4) is 0 Å². The Hall–Kier alpha value is -2.90. The zero-order chi connectivity index (χ0) is 16.9. The largest absolute Gasteiger partial charge is 0.505 e. The lowest BCUT2D eigenvalue weighted by Crippen LogP contribution is -2.42. The second-order valence-corrected chi connectivity index (χ2v) is 5.77. The number of nitrogens with zero attached hydrogens (tertiary/aromatic N) is 3. The molecular formula is C15H15N3O5. The normalized spacial score (nSPS) is 17.1. The van der Waals surface area contributed by atoms with E-state index in [9.17, 15) is 14.7 Å². The van der Waals surface area contributed by atoms with Crippen LogP contribution in [0.5, 0.6) is 0 Å². The first-order valence-corrected chi connectivity index (χ1v) is 6.92. The number of carbonyl (C=O) groups is 2. The Labute approximate surface area is 131 Å². The van der Waals surface area contributed by atoms with E-state index in [1.807, 2.05) is 6.92 Å². The zero-order valence-corrected chi connectivity index (χ0v) is 13.1. The molecule has 23 heavy (non-hydrogen) atoms. The molecule has 0 radical (unpaired) electrons. The Balaban J connectivity index is 2.14. The van der Waals surface area contributed by atoms with Gasteiger partial charge in [-0.15, -0.1) is 0 Å². The van der Waals surface area contributed by atoms with E-state index in [1.54, 1.807) is 13.1 Å². The fraction of sp³-hybridized carbons (Fsp3) is 0.333. The number of esters is 2. The van der Waals surface area contributed by atoms with Gasteiger partial charge in [-0.3, -0.25) is 0 Å². The van der Waals surface area contributed by atoms with Crippen LogP contribution in [0.1, 0.15) is 30.8 Å². The number of aliphatic hydroxyl groups is 1. The summed E-state index contributed by atoms with van der Waals surface area (Å²) in [4.78, 5) is 28.3. The summed E-state index contributed by atoms with van der Waals surface area (Å²) in [6, 6.07) is 1.53. The number of imidazole rings is 1. The predicted octanol–water partition coefficient (Wildman–Crippen LogP) is 1.45. The highest BCUT2D eigenvalue weighted by atomic mass is 16.7. The summed E-state index contributed by atoms with van der Waals surface area (Å²) in [7, 11) is 0. The molecule has 2 aromatic rings. The van der Waals surface area contributed by atoms with Gasteiger partial charge in [0.25, 0.3) is 5.79 Å². The smallest absolute Gasteiger partial charge is 0.352 e. The molecule has 0 bridgehead atoms. The van der Waals surface area contributed by atoms with Crippen LogP contribution in [0, 0.1) is 13.8 Å². The highest BCUT2D eigenvalue weighted by molar-refractivity contribution is 6.20. The van der Waals surface area contributed by atoms with Crippen molar-refractivity contribution < 1.29 is 24.2 Å². The minimum absolute atomic E-state index is 0.0519. The number of ether oxygens (including phenoxy) is 2. The van der Waals surface area contributed by atoms with Crippen LogP contribution in [-0.2, 0) is 19.1 Å². The highest BCUT2D eigenvalue weighted by Gasteiger charge is 2.41. The summed E-state index contributed by atoms with van der Waals surface area (Å²) in [5.41, 5.74) is 1.58. The van der Waals surface area contributed by atoms with Gasteiger partial charge in [0.1, 0.15) is 5.69 Å². The van der Waals surface area contributed by atoms with E-state index in [2.05, 4.69) is 10.1 Å². The summed E-state index contributed by atoms with van der Waals surface area (Å²) in [5, 5.41) is 14.5. The molecule has 0 spiro atoms. The monoisotopic (exact) mass is 317 g/mol. The molecule has 3 rings (SSSR count). The van der Waals surface area contributed by atoms with Gasteiger partial charge in [0.15, 0.2) is 17.0 Å². The van der Waals surface area contributed by atoms with Gasteiger partial charge >= 0.3 is 11.9 Å². The van der Waals surface area contributed by atoms with E-state index in [4.69, 9.17) is 9.47 Å². The molecule has 1 aliphatic rings. The number of cyclic esters (lactones) is 2. The standard InChI is InChI=1S/C15H15N3O5/c1-7-5-9(17-18-6-8(2)16-12(7)18)11(19)10-13(20)22-15(3,4)23-14(10)21/h5-6,19H,1-4H3. The number of carbonyl (C=O) groups excluding carboxylic acids is 2. The second-order valence-electron chi connectivity index (χ2n) is 5.77. The predicted molar refractivity (Wildman–Crippen MR) is 78.3 cm³/mol. The molecule has 1 aliphatic heterocycles. The number of rotatable bonds is 1. The number of aliphatic hydroxyl groups excluding tert-OH is 1. The van der Waals surface area contributed by atoms with Crippen LogP contribution >= 0.6 is 0 Å². The number of hydrogen-bond acceptors (Lipinski definition) is 7. The number of hydrogen-bond donors (Lipinski definition) is 1. The highest BCUT2D eigenvalue weighted by Crippen LogP contribution is 2.27. The first-order valence-electron chi connectivity index (χ1n) is 6.92. The van der Waals surface area contributed by atoms with Crippen molar-refractivity contribution in [2.24, 2.45) is 0 Å². The molecule has 1 saturated heterocycles. The lowest BCUT2D eigenvalue weighted by Gasteiger charge is -2.29. The maximum absolute atomic E-state index is 12.0. The van der Waals surface area contributed by atoms with Gasteiger partial charge in [-0.1, -0.05) is 0 Å². The average Bonchev–Trinajstić information content (AvgIpc) is 2.77. The molecule has 0 atom stereocenters. The molecule has 120 valence electrons. The Morgan fingerprint density at radius 1 is 1.22 bits per heavy atom. The third-order valence-corrected chi connectivity index (χ3v) is 3.29. The summed E-state index contributed by atoms with van der Waals surface area (Å²) in [6.45, 7) is 6.45. The first kappa shape index (κ1) is 15.0. The fourth-order valence-corrected chi connectivity index (χ4v) is 2.33. The summed E-state index contributed by atoms with van der Waals surface area (Å²) in [6.07, 6.45) is 1.67. The zero-order valence-electron chi connectivity index (χ0n) is 13.1. The van der Waals surface area contributed by atoms with Crippen molar-refractivity contribution in [1.29, 1.82) is 0 Å². The lowest BCUT2D eigenvalue weighted by atomic mass is 10.1. The number of fused-ring (bicyclic) bond motifs is 1. The van der Waals surface area contributed by atoms with E-state index >= 15 is 0 Å². The van der Waals surface area contributed by atoms with Gasteiger partial charge < -0.3 is 14.6 Å². The van der Waals surface area contributed by atoms with Crippen LogP contribution in [0.4, 0.5) is 0 Å². The Bertz CT molecular complexity index is 857. The summed E-state index contributed by atoms with van der Waals surface area (Å²) in [5.74, 6) is -3.87. The summed E-state index contributed by atoms with van der Waals surface area (Å²) < 4.78 is 11.4. The molecule has 0 aromatic carbocycles. The van der Waals surface area contributed by atoms with Gasteiger partial charge in [0.2, 0.25) is 0 Å². The van der Waals surface area contributed by atoms with Gasteiger partial charge in [-0.05, 0) is 25.5 Å². The molecule has 2 aromatic heterocycles. The third kappa shape index (κ3) is 2.52. The van der Waals surface area contributed by atoms with Crippen LogP contribution in [0.15, 0.2) is 17.8 Å². The first-order chi connectivity index (χ1) is 10.7. The quantitative estimate of drug-likeness (QED) is 0.367. The molecule has 0 amide bonds. The van der Waals surface area contributed by atoms with Crippen LogP contribution < -0.4 is 0 Å². The molecule has 3 heterocycles. The van der Waals surface area contributed by atoms with Crippen molar-refractivity contribution in [3.05, 3.63) is 34.8 Å².